The van der Waals surface area contributed by atoms with E-state index in [0.29, 0.717) is 71.9 Å². The summed E-state index contributed by atoms with van der Waals surface area (Å²) in [6.45, 7) is 18.2. The van der Waals surface area contributed by atoms with Crippen molar-refractivity contribution in [2.75, 3.05) is 88.8 Å². The predicted molar refractivity (Wildman–Crippen MR) is 392 cm³/mol. The van der Waals surface area contributed by atoms with E-state index >= 15 is 0 Å². The Balaban J connectivity index is 0.000000189. The van der Waals surface area contributed by atoms with Crippen molar-refractivity contribution < 1.29 is 160 Å². The second-order valence-electron chi connectivity index (χ2n) is 30.9. The van der Waals surface area contributed by atoms with E-state index in [9.17, 15) is 58.2 Å². The Labute approximate surface area is 682 Å². The van der Waals surface area contributed by atoms with Gasteiger partial charge in [0.15, 0.2) is 6.29 Å². The van der Waals surface area contributed by atoms with Crippen LogP contribution in [0.3, 0.4) is 0 Å². The summed E-state index contributed by atoms with van der Waals surface area (Å²) in [5.41, 5.74) is 3.52. The summed E-state index contributed by atoms with van der Waals surface area (Å²) in [4.78, 5) is 119. The van der Waals surface area contributed by atoms with Gasteiger partial charge in [-0.05, 0) is 137 Å². The standard InChI is InChI=1S/C18H29N3O5.C13H19NO5.2C12H17NO5.C12H19NO3.C11H16O4.Na/c1-12-3-4-13-14(11-25-17(15(12)13)26-18(24)19-2)16(23)21-7-5-20(6-8-21)9-10-22;1-7-4-5-8-9(11(15)17-3)6-18-12(10(7)8)19-13(16)14-2;2*1-6-3-4-7-8(10(14)15)5-17-11(9(6)7)18-12(16)13-2;1-7-4-5-9-8(2)6-15-11(10(7)9)16-12(14)13-3;1-6-3-4-7-8(10(12)14-2)5-15-11(13)9(6)7;/h11-13,15,17,22H,3-10H2,1-2H3,(H,19,24);6-8,10,12H,4-5H2,1-3H3,(H,14,16);2*5-7,9,11H,3-4H2,1-2H3,(H,13,16)(H,14,15);6-7,9-11H,4-5H2,1-3H3,(H,13,14);5-7,9,11,13H,3-4H2,1-2H3;/q;;;;;;+1/p-1. The Morgan fingerprint density at radius 2 is 0.699 bits per heavy atom. The number of carbonyl (C=O) groups excluding carboxylic acids is 9. The number of aliphatic hydroxyl groups excluding tert-OH is 2. The van der Waals surface area contributed by atoms with Crippen molar-refractivity contribution in [2.24, 2.45) is 107 Å². The Kier molecular flexibility index (Phi) is 35.0. The number of piperazine rings is 1. The molecule has 7 aliphatic heterocycles. The van der Waals surface area contributed by atoms with E-state index in [2.05, 4.69) is 66.1 Å². The minimum absolute atomic E-state index is 0. The topological polar surface area (TPSA) is 441 Å². The van der Waals surface area contributed by atoms with Crippen LogP contribution in [-0.4, -0.2) is 212 Å². The van der Waals surface area contributed by atoms with Crippen molar-refractivity contribution in [3.05, 3.63) is 71.0 Å². The Morgan fingerprint density at radius 1 is 0.416 bits per heavy atom. The molecule has 0 aromatic carbocycles. The van der Waals surface area contributed by atoms with Gasteiger partial charge in [0.05, 0.1) is 86.7 Å². The molecule has 0 aromatic rings. The molecule has 7 heterocycles. The van der Waals surface area contributed by atoms with Crippen LogP contribution in [0.2, 0.25) is 0 Å². The van der Waals surface area contributed by atoms with E-state index in [4.69, 9.17) is 71.8 Å². The normalized spacial score (nSPS) is 34.0. The molecule has 13 aliphatic rings. The molecule has 0 aromatic heterocycles. The molecule has 0 radical (unpaired) electrons. The van der Waals surface area contributed by atoms with Crippen molar-refractivity contribution in [1.82, 2.24) is 36.4 Å². The van der Waals surface area contributed by atoms with Gasteiger partial charge in [-0.1, -0.05) is 41.5 Å². The molecule has 0 spiro atoms. The molecule has 1 saturated heterocycles. The minimum Gasteiger partial charge on any atom is -0.545 e. The van der Waals surface area contributed by atoms with E-state index in [1.807, 2.05) is 18.7 Å². The Bertz CT molecular complexity index is 3440. The van der Waals surface area contributed by atoms with Gasteiger partial charge in [-0.3, -0.25) is 9.69 Å². The first-order chi connectivity index (χ1) is 53.5. The van der Waals surface area contributed by atoms with E-state index < -0.39 is 80.1 Å². The summed E-state index contributed by atoms with van der Waals surface area (Å²) in [6.07, 6.45) is 13.2. The monoisotopic (exact) mass is 1610 g/mol. The van der Waals surface area contributed by atoms with E-state index in [1.165, 1.54) is 85.9 Å². The molecule has 8 N–H and O–H groups in total. The van der Waals surface area contributed by atoms with Crippen LogP contribution in [-0.2, 0) is 85.6 Å². The summed E-state index contributed by atoms with van der Waals surface area (Å²) in [7, 11) is 10.2. The zero-order chi connectivity index (χ0) is 81.9. The smallest absolute Gasteiger partial charge is 0.545 e. The molecule has 35 heteroatoms. The summed E-state index contributed by atoms with van der Waals surface area (Å²) < 4.78 is 67.8. The number of alkyl carbamates (subject to hydrolysis) is 5. The number of amides is 6. The van der Waals surface area contributed by atoms with Gasteiger partial charge in [0.1, 0.15) is 0 Å². The summed E-state index contributed by atoms with van der Waals surface area (Å²) in [5, 5.41) is 50.9. The number of β-amino-alcohol motifs (C(OH)–C–C–N with tert-alkyl or cyclic N) is 1. The first kappa shape index (κ1) is 92.0. The summed E-state index contributed by atoms with van der Waals surface area (Å²) in [6, 6.07) is 0. The number of aliphatic hydroxyl groups is 2. The molecule has 6 saturated carbocycles. The molecular formula is C78H116N7NaO27. The van der Waals surface area contributed by atoms with E-state index in [1.54, 1.807) is 13.3 Å². The number of esters is 2. The van der Waals surface area contributed by atoms with Gasteiger partial charge in [0.25, 0.3) is 5.91 Å². The predicted octanol–water partition coefficient (Wildman–Crippen LogP) is 3.45. The molecule has 7 fully saturated rings. The fourth-order valence-corrected chi connectivity index (χ4v) is 18.5. The number of fused-ring (bicyclic) bond motifs is 6. The second-order valence-corrected chi connectivity index (χ2v) is 30.9. The second kappa shape index (κ2) is 43.0. The maximum absolute atomic E-state index is 13.0. The van der Waals surface area contributed by atoms with Gasteiger partial charge in [-0.25, -0.2) is 38.4 Å². The largest absolute Gasteiger partial charge is 1.00 e. The third-order valence-electron chi connectivity index (χ3n) is 24.6. The van der Waals surface area contributed by atoms with Crippen LogP contribution in [0.15, 0.2) is 71.0 Å². The maximum atomic E-state index is 13.0. The molecule has 13 rings (SSSR count). The van der Waals surface area contributed by atoms with Crippen molar-refractivity contribution in [1.29, 1.82) is 0 Å². The number of hydrogen-bond acceptors (Lipinski definition) is 27. The van der Waals surface area contributed by atoms with Gasteiger partial charge in [0, 0.05) is 133 Å². The van der Waals surface area contributed by atoms with Crippen LogP contribution in [0.25, 0.3) is 0 Å². The number of carboxylic acid groups (broad SMARTS) is 2. The van der Waals surface area contributed by atoms with Crippen LogP contribution in [0.5, 0.6) is 0 Å². The van der Waals surface area contributed by atoms with Crippen LogP contribution in [0, 0.1) is 107 Å². The van der Waals surface area contributed by atoms with Crippen LogP contribution in [0.1, 0.15) is 126 Å². The summed E-state index contributed by atoms with van der Waals surface area (Å²) in [5.74, 6) is -0.179. The van der Waals surface area contributed by atoms with Gasteiger partial charge in [-0.2, -0.15) is 0 Å². The molecule has 24 atom stereocenters. The first-order valence-corrected chi connectivity index (χ1v) is 38.9. The number of methoxy groups -OCH3 is 2. The van der Waals surface area contributed by atoms with Gasteiger partial charge < -0.3 is 118 Å². The number of allylic oxidation sites excluding steroid dienone is 1. The third kappa shape index (κ3) is 22.5. The van der Waals surface area contributed by atoms with Crippen molar-refractivity contribution in [3.63, 3.8) is 0 Å². The minimum atomic E-state index is -1.21. The van der Waals surface area contributed by atoms with E-state index in [-0.39, 0.29) is 136 Å². The number of aliphatic carboxylic acids is 2. The molecule has 0 bridgehead atoms. The Hall–Kier alpha value is -8.18. The first-order valence-electron chi connectivity index (χ1n) is 38.9. The molecule has 113 heavy (non-hydrogen) atoms. The average molecular weight is 1610 g/mol. The number of ether oxygens (including phenoxy) is 13. The van der Waals surface area contributed by atoms with Gasteiger partial charge >= 0.3 is 77.9 Å². The fraction of sp³-hybridized carbons (Fsp3) is 0.718. The zero-order valence-corrected chi connectivity index (χ0v) is 69.6. The molecule has 6 amide bonds. The molecule has 626 valence electrons. The summed E-state index contributed by atoms with van der Waals surface area (Å²) >= 11 is 0. The SMILES string of the molecule is CNC(=O)OC1OC=C(C(=O)N2CCN(CCO)CC2)C2CCC(C)C12.CNC(=O)OC1OC=C(C(=O)O)C2CCC(C)C12.CNC(=O)OC1OC=C(C(=O)OC)C2CCC(C)C12.CNC(=O)OC1OC=C(C(=O)[O-])C2CCC(C)C12.CNC(=O)OC1OC=C(C)C2CCC(C)C12.COC(=O)C1=COC(O)C2C(C)CCC12.[Na+]. The fourth-order valence-electron chi connectivity index (χ4n) is 18.5. The Morgan fingerprint density at radius 3 is 1.04 bits per heavy atom. The average Bonchev–Trinajstić information content (AvgIpc) is 1.84. The molecular weight excluding hydrogens is 1490 g/mol. The number of rotatable bonds is 12. The maximum Gasteiger partial charge on any atom is 1.00 e. The van der Waals surface area contributed by atoms with Crippen molar-refractivity contribution in [2.45, 2.75) is 163 Å². The van der Waals surface area contributed by atoms with Crippen molar-refractivity contribution >= 4 is 60.3 Å². The molecule has 6 aliphatic carbocycles. The van der Waals surface area contributed by atoms with Crippen molar-refractivity contribution in [3.8, 4) is 0 Å². The molecule has 34 nitrogen and oxygen atoms in total. The number of nitrogens with zero attached hydrogens (tertiary/aromatic N) is 2. The molecule has 24 unspecified atom stereocenters. The number of carboxylic acids is 2. The quantitative estimate of drug-likeness (QED) is 0.0788. The van der Waals surface area contributed by atoms with Gasteiger partial charge in [-0.15, -0.1) is 0 Å². The number of hydrogen-bond donors (Lipinski definition) is 8. The third-order valence-corrected chi connectivity index (χ3v) is 24.6. The van der Waals surface area contributed by atoms with Gasteiger partial charge in [0.2, 0.25) is 31.5 Å². The zero-order valence-electron chi connectivity index (χ0n) is 67.6. The van der Waals surface area contributed by atoms with Crippen LogP contribution in [0.4, 0.5) is 24.0 Å². The number of carbonyl (C=O) groups is 10. The van der Waals surface area contributed by atoms with Crippen LogP contribution >= 0.6 is 0 Å². The van der Waals surface area contributed by atoms with Crippen LogP contribution < -0.4 is 61.2 Å². The van der Waals surface area contributed by atoms with E-state index in [0.717, 1.165) is 83.6 Å². The number of nitrogens with one attached hydrogen (secondary N) is 5.